The van der Waals surface area contributed by atoms with Crippen LogP contribution in [0.1, 0.15) is 33.1 Å². The maximum Gasteiger partial charge on any atom is 0.322 e. The highest BCUT2D eigenvalue weighted by Crippen LogP contribution is 2.20. The minimum absolute atomic E-state index is 0.0701. The average Bonchev–Trinajstić information content (AvgIpc) is 2.35. The molecule has 0 spiro atoms. The summed E-state index contributed by atoms with van der Waals surface area (Å²) in [5.74, 6) is -1.20. The first-order valence-corrected chi connectivity index (χ1v) is 7.87. The highest BCUT2D eigenvalue weighted by atomic mass is 32.2. The van der Waals surface area contributed by atoms with Gasteiger partial charge >= 0.3 is 5.97 Å². The number of hydrogen-bond donors (Lipinski definition) is 3. The van der Waals surface area contributed by atoms with E-state index in [1.807, 2.05) is 0 Å². The fourth-order valence-electron chi connectivity index (χ4n) is 1.95. The molecule has 2 unspecified atom stereocenters. The smallest absolute Gasteiger partial charge is 0.322 e. The molecule has 0 aromatic heterocycles. The number of nitrogens with zero attached hydrogens (tertiary/aromatic N) is 1. The Kier molecular flexibility index (Phi) is 5.72. The maximum atomic E-state index is 12.1. The summed E-state index contributed by atoms with van der Waals surface area (Å²) < 4.78 is 27.4. The minimum Gasteiger partial charge on any atom is -0.480 e. The molecular weight excluding hydrogens is 272 g/mol. The largest absolute Gasteiger partial charge is 0.480 e. The molecule has 3 N–H and O–H groups in total. The van der Waals surface area contributed by atoms with Crippen LogP contribution in [0.4, 0.5) is 0 Å². The summed E-state index contributed by atoms with van der Waals surface area (Å²) in [6.45, 7) is 3.65. The Morgan fingerprint density at radius 2 is 2.05 bits per heavy atom. The molecule has 0 aromatic carbocycles. The van der Waals surface area contributed by atoms with Gasteiger partial charge in [0.25, 0.3) is 10.2 Å². The summed E-state index contributed by atoms with van der Waals surface area (Å²) in [4.78, 5) is 11.1. The zero-order chi connectivity index (χ0) is 14.6. The fraction of sp³-hybridized carbons (Fsp3) is 0.909. The van der Waals surface area contributed by atoms with Crippen molar-refractivity contribution in [2.75, 3.05) is 13.1 Å². The Bertz CT molecular complexity index is 409. The maximum absolute atomic E-state index is 12.1. The van der Waals surface area contributed by atoms with Gasteiger partial charge in [0.05, 0.1) is 6.10 Å². The van der Waals surface area contributed by atoms with Gasteiger partial charge in [-0.3, -0.25) is 4.79 Å². The molecule has 1 aliphatic heterocycles. The van der Waals surface area contributed by atoms with Gasteiger partial charge in [0.2, 0.25) is 0 Å². The molecule has 19 heavy (non-hydrogen) atoms. The Balaban J connectivity index is 2.71. The number of carboxylic acids is 1. The molecule has 1 rings (SSSR count). The van der Waals surface area contributed by atoms with Crippen molar-refractivity contribution in [3.63, 3.8) is 0 Å². The van der Waals surface area contributed by atoms with Crippen LogP contribution in [0, 0.1) is 5.92 Å². The van der Waals surface area contributed by atoms with E-state index in [1.165, 1.54) is 0 Å². The Morgan fingerprint density at radius 1 is 1.42 bits per heavy atom. The van der Waals surface area contributed by atoms with Gasteiger partial charge < -0.3 is 10.2 Å². The fourth-order valence-corrected chi connectivity index (χ4v) is 3.40. The molecule has 0 aliphatic carbocycles. The second-order valence-corrected chi connectivity index (χ2v) is 6.83. The first-order valence-electron chi connectivity index (χ1n) is 6.43. The van der Waals surface area contributed by atoms with Crippen molar-refractivity contribution in [1.29, 1.82) is 0 Å². The Labute approximate surface area is 113 Å². The van der Waals surface area contributed by atoms with Crippen LogP contribution >= 0.6 is 0 Å². The van der Waals surface area contributed by atoms with E-state index >= 15 is 0 Å². The van der Waals surface area contributed by atoms with E-state index in [2.05, 4.69) is 4.72 Å². The second-order valence-electron chi connectivity index (χ2n) is 5.13. The zero-order valence-electron chi connectivity index (χ0n) is 11.2. The molecule has 8 heteroatoms. The third kappa shape index (κ3) is 4.41. The van der Waals surface area contributed by atoms with E-state index < -0.39 is 28.3 Å². The van der Waals surface area contributed by atoms with Crippen molar-refractivity contribution in [2.24, 2.45) is 5.92 Å². The molecule has 0 bridgehead atoms. The Morgan fingerprint density at radius 3 is 2.58 bits per heavy atom. The van der Waals surface area contributed by atoms with Crippen LogP contribution < -0.4 is 4.72 Å². The molecule has 0 radical (unpaired) electrons. The van der Waals surface area contributed by atoms with Crippen LogP contribution in [-0.2, 0) is 15.0 Å². The summed E-state index contributed by atoms with van der Waals surface area (Å²) in [6.07, 6.45) is 0.890. The first kappa shape index (κ1) is 16.4. The van der Waals surface area contributed by atoms with Crippen LogP contribution in [0.2, 0.25) is 0 Å². The van der Waals surface area contributed by atoms with Gasteiger partial charge in [-0.15, -0.1) is 0 Å². The van der Waals surface area contributed by atoms with Gasteiger partial charge in [0.15, 0.2) is 0 Å². The number of carboxylic acid groups (broad SMARTS) is 1. The molecule has 1 fully saturated rings. The predicted octanol–water partition coefficient (Wildman–Crippen LogP) is -0.223. The van der Waals surface area contributed by atoms with E-state index in [0.29, 0.717) is 19.3 Å². The van der Waals surface area contributed by atoms with Crippen LogP contribution in [0.25, 0.3) is 0 Å². The normalized spacial score (nSPS) is 23.5. The van der Waals surface area contributed by atoms with Crippen LogP contribution in [0.5, 0.6) is 0 Å². The number of piperidine rings is 1. The molecule has 0 aromatic rings. The highest BCUT2D eigenvalue weighted by Gasteiger charge is 2.36. The molecule has 7 nitrogen and oxygen atoms in total. The van der Waals surface area contributed by atoms with Gasteiger partial charge in [-0.25, -0.2) is 0 Å². The van der Waals surface area contributed by atoms with Crippen molar-refractivity contribution < 1.29 is 23.4 Å². The second kappa shape index (κ2) is 6.65. The molecule has 112 valence electrons. The van der Waals surface area contributed by atoms with E-state index in [4.69, 9.17) is 5.11 Å². The van der Waals surface area contributed by atoms with Crippen LogP contribution in [0.3, 0.4) is 0 Å². The van der Waals surface area contributed by atoms with Crippen molar-refractivity contribution in [3.05, 3.63) is 0 Å². The van der Waals surface area contributed by atoms with E-state index in [-0.39, 0.29) is 19.0 Å². The number of aliphatic carboxylic acids is 1. The summed E-state index contributed by atoms with van der Waals surface area (Å²) in [7, 11) is -3.86. The number of carbonyl (C=O) groups is 1. The van der Waals surface area contributed by atoms with Gasteiger partial charge in [-0.2, -0.15) is 17.4 Å². The van der Waals surface area contributed by atoms with Crippen molar-refractivity contribution in [2.45, 2.75) is 45.3 Å². The van der Waals surface area contributed by atoms with E-state index in [0.717, 1.165) is 4.31 Å². The third-order valence-corrected chi connectivity index (χ3v) is 4.88. The summed E-state index contributed by atoms with van der Waals surface area (Å²) in [6, 6.07) is -1.01. The lowest BCUT2D eigenvalue weighted by Gasteiger charge is -2.32. The number of hydrogen-bond acceptors (Lipinski definition) is 4. The van der Waals surface area contributed by atoms with Crippen molar-refractivity contribution in [3.8, 4) is 0 Å². The van der Waals surface area contributed by atoms with Crippen LogP contribution in [0.15, 0.2) is 0 Å². The molecule has 0 amide bonds. The standard InChI is InChI=1S/C11H22N2O5S/c1-8(2)10(14)7-12-19(17,18)13-6-4-3-5-9(13)11(15)16/h8-10,12,14H,3-7H2,1-2H3,(H,15,16). The molecular formula is C11H22N2O5S. The van der Waals surface area contributed by atoms with Crippen LogP contribution in [-0.4, -0.2) is 54.1 Å². The highest BCUT2D eigenvalue weighted by molar-refractivity contribution is 7.87. The first-order chi connectivity index (χ1) is 8.75. The molecule has 1 saturated heterocycles. The van der Waals surface area contributed by atoms with E-state index in [1.54, 1.807) is 13.8 Å². The zero-order valence-corrected chi connectivity index (χ0v) is 12.1. The number of nitrogens with one attached hydrogen (secondary N) is 1. The number of aliphatic hydroxyl groups excluding tert-OH is 1. The topological polar surface area (TPSA) is 107 Å². The van der Waals surface area contributed by atoms with Crippen molar-refractivity contribution >= 4 is 16.2 Å². The quantitative estimate of drug-likeness (QED) is 0.627. The summed E-state index contributed by atoms with van der Waals surface area (Å²) in [5, 5.41) is 18.7. The lowest BCUT2D eigenvalue weighted by atomic mass is 10.1. The molecule has 0 saturated carbocycles. The monoisotopic (exact) mass is 294 g/mol. The Hall–Kier alpha value is -0.700. The van der Waals surface area contributed by atoms with Gasteiger partial charge in [-0.05, 0) is 25.2 Å². The van der Waals surface area contributed by atoms with Crippen molar-refractivity contribution in [1.82, 2.24) is 9.03 Å². The number of rotatable bonds is 6. The lowest BCUT2D eigenvalue weighted by molar-refractivity contribution is -0.142. The third-order valence-electron chi connectivity index (χ3n) is 3.29. The predicted molar refractivity (Wildman–Crippen MR) is 69.7 cm³/mol. The molecule has 1 aliphatic rings. The SMILES string of the molecule is CC(C)C(O)CNS(=O)(=O)N1CCCCC1C(=O)O. The minimum atomic E-state index is -3.86. The number of aliphatic hydroxyl groups is 1. The molecule has 2 atom stereocenters. The summed E-state index contributed by atoms with van der Waals surface area (Å²) >= 11 is 0. The molecule has 1 heterocycles. The lowest BCUT2D eigenvalue weighted by Crippen LogP contribution is -2.53. The van der Waals surface area contributed by atoms with Gasteiger partial charge in [-0.1, -0.05) is 13.8 Å². The van der Waals surface area contributed by atoms with E-state index in [9.17, 15) is 18.3 Å². The van der Waals surface area contributed by atoms with Gasteiger partial charge in [0.1, 0.15) is 6.04 Å². The average molecular weight is 294 g/mol. The summed E-state index contributed by atoms with van der Waals surface area (Å²) in [5.41, 5.74) is 0. The van der Waals surface area contributed by atoms with Gasteiger partial charge in [0, 0.05) is 13.1 Å².